The van der Waals surface area contributed by atoms with Gasteiger partial charge in [-0.15, -0.1) is 24.8 Å². The number of anilines is 1. The van der Waals surface area contributed by atoms with Crippen molar-refractivity contribution >= 4 is 36.4 Å². The SMILES string of the molecule is Cl.Cl.NCC1(C(=O)Nc2cccc(-n3ccnc3)c2)CCCC1. The van der Waals surface area contributed by atoms with E-state index in [4.69, 9.17) is 5.73 Å². The van der Waals surface area contributed by atoms with Crippen molar-refractivity contribution in [3.63, 3.8) is 0 Å². The number of rotatable bonds is 4. The molecule has 5 nitrogen and oxygen atoms in total. The van der Waals surface area contributed by atoms with Crippen LogP contribution in [0.25, 0.3) is 5.69 Å². The van der Waals surface area contributed by atoms with Crippen LogP contribution in [0.5, 0.6) is 0 Å². The van der Waals surface area contributed by atoms with E-state index in [1.807, 2.05) is 35.0 Å². The normalized spacial score (nSPS) is 15.3. The van der Waals surface area contributed by atoms with Gasteiger partial charge in [-0.3, -0.25) is 4.79 Å². The van der Waals surface area contributed by atoms with E-state index in [9.17, 15) is 4.79 Å². The lowest BCUT2D eigenvalue weighted by Gasteiger charge is -2.25. The summed E-state index contributed by atoms with van der Waals surface area (Å²) in [5.74, 6) is 0.0466. The Hall–Kier alpha value is -1.56. The molecule has 3 N–H and O–H groups in total. The van der Waals surface area contributed by atoms with E-state index in [1.54, 1.807) is 12.5 Å². The maximum absolute atomic E-state index is 12.6. The number of halogens is 2. The number of nitrogens with two attached hydrogens (primary N) is 1. The number of hydrogen-bond donors (Lipinski definition) is 2. The lowest BCUT2D eigenvalue weighted by Crippen LogP contribution is -2.40. The van der Waals surface area contributed by atoms with Crippen molar-refractivity contribution < 1.29 is 4.79 Å². The second-order valence-corrected chi connectivity index (χ2v) is 5.67. The molecule has 3 rings (SSSR count). The third kappa shape index (κ3) is 4.05. The maximum Gasteiger partial charge on any atom is 0.231 e. The molecule has 1 aliphatic rings. The summed E-state index contributed by atoms with van der Waals surface area (Å²) in [7, 11) is 0. The van der Waals surface area contributed by atoms with Gasteiger partial charge in [-0.25, -0.2) is 4.98 Å². The Morgan fingerprint density at radius 1 is 1.30 bits per heavy atom. The quantitative estimate of drug-likeness (QED) is 0.883. The molecule has 7 heteroatoms. The number of amides is 1. The minimum Gasteiger partial charge on any atom is -0.329 e. The monoisotopic (exact) mass is 356 g/mol. The van der Waals surface area contributed by atoms with Crippen molar-refractivity contribution in [2.45, 2.75) is 25.7 Å². The van der Waals surface area contributed by atoms with E-state index in [-0.39, 0.29) is 36.1 Å². The van der Waals surface area contributed by atoms with Gasteiger partial charge in [-0.2, -0.15) is 0 Å². The molecule has 23 heavy (non-hydrogen) atoms. The molecule has 0 bridgehead atoms. The third-order valence-corrected chi connectivity index (χ3v) is 4.34. The molecule has 0 saturated heterocycles. The summed E-state index contributed by atoms with van der Waals surface area (Å²) in [6, 6.07) is 7.75. The van der Waals surface area contributed by atoms with Gasteiger partial charge in [0.1, 0.15) is 0 Å². The van der Waals surface area contributed by atoms with Gasteiger partial charge in [-0.05, 0) is 31.0 Å². The molecule has 0 aliphatic heterocycles. The standard InChI is InChI=1S/C16H20N4O.2ClH/c17-11-16(6-1-2-7-16)15(21)19-13-4-3-5-14(10-13)20-9-8-18-12-20;;/h3-5,8-10,12H,1-2,6-7,11,17H2,(H,19,21);2*1H. The molecule has 1 aromatic heterocycles. The highest BCUT2D eigenvalue weighted by molar-refractivity contribution is 5.96. The predicted octanol–water partition coefficient (Wildman–Crippen LogP) is 3.17. The fourth-order valence-corrected chi connectivity index (χ4v) is 3.00. The topological polar surface area (TPSA) is 72.9 Å². The van der Waals surface area contributed by atoms with Crippen molar-refractivity contribution in [3.05, 3.63) is 43.0 Å². The number of hydrogen-bond acceptors (Lipinski definition) is 3. The number of nitrogens with zero attached hydrogens (tertiary/aromatic N) is 2. The van der Waals surface area contributed by atoms with E-state index < -0.39 is 0 Å². The average molecular weight is 357 g/mol. The molecule has 0 spiro atoms. The minimum atomic E-state index is -0.384. The summed E-state index contributed by atoms with van der Waals surface area (Å²) >= 11 is 0. The Morgan fingerprint density at radius 3 is 2.65 bits per heavy atom. The van der Waals surface area contributed by atoms with Crippen molar-refractivity contribution in [2.24, 2.45) is 11.1 Å². The predicted molar refractivity (Wildman–Crippen MR) is 96.6 cm³/mol. The zero-order valence-electron chi connectivity index (χ0n) is 12.8. The summed E-state index contributed by atoms with van der Waals surface area (Å²) in [5, 5.41) is 3.03. The first-order valence-electron chi connectivity index (χ1n) is 7.33. The molecular weight excluding hydrogens is 335 g/mol. The van der Waals surface area contributed by atoms with E-state index >= 15 is 0 Å². The van der Waals surface area contributed by atoms with Crippen LogP contribution in [-0.2, 0) is 4.79 Å². The van der Waals surface area contributed by atoms with Crippen LogP contribution in [0.15, 0.2) is 43.0 Å². The summed E-state index contributed by atoms with van der Waals surface area (Å²) in [6.07, 6.45) is 9.28. The summed E-state index contributed by atoms with van der Waals surface area (Å²) < 4.78 is 1.91. The van der Waals surface area contributed by atoms with Crippen LogP contribution in [0.2, 0.25) is 0 Å². The van der Waals surface area contributed by atoms with Crippen molar-refractivity contribution in [2.75, 3.05) is 11.9 Å². The van der Waals surface area contributed by atoms with Crippen LogP contribution < -0.4 is 11.1 Å². The van der Waals surface area contributed by atoms with Crippen LogP contribution in [0.1, 0.15) is 25.7 Å². The lowest BCUT2D eigenvalue weighted by atomic mass is 9.85. The lowest BCUT2D eigenvalue weighted by molar-refractivity contribution is -0.124. The van der Waals surface area contributed by atoms with Crippen LogP contribution in [0.3, 0.4) is 0 Å². The first kappa shape index (κ1) is 19.5. The largest absolute Gasteiger partial charge is 0.329 e. The van der Waals surface area contributed by atoms with Crippen LogP contribution in [0.4, 0.5) is 5.69 Å². The van der Waals surface area contributed by atoms with Crippen LogP contribution >= 0.6 is 24.8 Å². The highest BCUT2D eigenvalue weighted by Crippen LogP contribution is 2.38. The highest BCUT2D eigenvalue weighted by atomic mass is 35.5. The van der Waals surface area contributed by atoms with Gasteiger partial charge >= 0.3 is 0 Å². The van der Waals surface area contributed by atoms with Gasteiger partial charge < -0.3 is 15.6 Å². The number of imidazole rings is 1. The van der Waals surface area contributed by atoms with E-state index in [0.717, 1.165) is 37.1 Å². The molecule has 0 radical (unpaired) electrons. The fourth-order valence-electron chi connectivity index (χ4n) is 3.00. The third-order valence-electron chi connectivity index (χ3n) is 4.34. The van der Waals surface area contributed by atoms with Crippen LogP contribution in [0, 0.1) is 5.41 Å². The average Bonchev–Trinajstić information content (AvgIpc) is 3.20. The molecule has 1 saturated carbocycles. The second-order valence-electron chi connectivity index (χ2n) is 5.67. The second kappa shape index (κ2) is 8.34. The summed E-state index contributed by atoms with van der Waals surface area (Å²) in [6.45, 7) is 0.417. The zero-order valence-corrected chi connectivity index (χ0v) is 14.4. The van der Waals surface area contributed by atoms with E-state index in [1.165, 1.54) is 0 Å². The first-order valence-corrected chi connectivity index (χ1v) is 7.33. The van der Waals surface area contributed by atoms with Crippen LogP contribution in [-0.4, -0.2) is 22.0 Å². The van der Waals surface area contributed by atoms with E-state index in [0.29, 0.717) is 6.54 Å². The Morgan fingerprint density at radius 2 is 2.04 bits per heavy atom. The fraction of sp³-hybridized carbons (Fsp3) is 0.375. The molecule has 0 atom stereocenters. The summed E-state index contributed by atoms with van der Waals surface area (Å²) in [4.78, 5) is 16.6. The molecule has 1 amide bonds. The van der Waals surface area contributed by atoms with Crippen molar-refractivity contribution in [1.82, 2.24) is 9.55 Å². The molecule has 2 aromatic rings. The smallest absolute Gasteiger partial charge is 0.231 e. The van der Waals surface area contributed by atoms with Gasteiger partial charge in [0.2, 0.25) is 5.91 Å². The molecular formula is C16H22Cl2N4O. The highest BCUT2D eigenvalue weighted by Gasteiger charge is 2.39. The summed E-state index contributed by atoms with van der Waals surface area (Å²) in [5.41, 5.74) is 7.24. The minimum absolute atomic E-state index is 0. The van der Waals surface area contributed by atoms with Gasteiger partial charge in [0, 0.05) is 30.3 Å². The number of carbonyl (C=O) groups is 1. The number of carbonyl (C=O) groups excluding carboxylic acids is 1. The Kier molecular flexibility index (Phi) is 7.06. The van der Waals surface area contributed by atoms with Gasteiger partial charge in [-0.1, -0.05) is 18.9 Å². The van der Waals surface area contributed by atoms with Gasteiger partial charge in [0.05, 0.1) is 11.7 Å². The molecule has 1 fully saturated rings. The van der Waals surface area contributed by atoms with Crippen molar-refractivity contribution in [3.8, 4) is 5.69 Å². The molecule has 1 aliphatic carbocycles. The zero-order chi connectivity index (χ0) is 14.7. The first-order chi connectivity index (χ1) is 10.2. The number of benzene rings is 1. The molecule has 1 aromatic carbocycles. The Labute approximate surface area is 148 Å². The Balaban J connectivity index is 0.00000132. The molecule has 126 valence electrons. The van der Waals surface area contributed by atoms with Crippen molar-refractivity contribution in [1.29, 1.82) is 0 Å². The number of aromatic nitrogens is 2. The van der Waals surface area contributed by atoms with E-state index in [2.05, 4.69) is 10.3 Å². The maximum atomic E-state index is 12.6. The Bertz CT molecular complexity index is 625. The number of nitrogens with one attached hydrogen (secondary N) is 1. The molecule has 0 unspecified atom stereocenters. The van der Waals surface area contributed by atoms with Gasteiger partial charge in [0.15, 0.2) is 0 Å². The van der Waals surface area contributed by atoms with Gasteiger partial charge in [0.25, 0.3) is 0 Å². The molecule has 1 heterocycles.